The second-order valence-electron chi connectivity index (χ2n) is 5.57. The summed E-state index contributed by atoms with van der Waals surface area (Å²) in [4.78, 5) is -0.446. The molecule has 0 heterocycles. The zero-order valence-corrected chi connectivity index (χ0v) is 15.6. The van der Waals surface area contributed by atoms with Gasteiger partial charge in [-0.25, -0.2) is 12.8 Å². The van der Waals surface area contributed by atoms with Gasteiger partial charge in [0.2, 0.25) is 10.0 Å². The summed E-state index contributed by atoms with van der Waals surface area (Å²) in [5.41, 5.74) is 1.99. The highest BCUT2D eigenvalue weighted by Crippen LogP contribution is 2.33. The predicted octanol–water partition coefficient (Wildman–Crippen LogP) is 3.23. The van der Waals surface area contributed by atoms with Gasteiger partial charge in [0.15, 0.2) is 11.5 Å². The van der Waals surface area contributed by atoms with E-state index >= 15 is 0 Å². The number of hydrogen-bond donors (Lipinski definition) is 0. The largest absolute Gasteiger partial charge is 0.493 e. The highest BCUT2D eigenvalue weighted by atomic mass is 32.2. The van der Waals surface area contributed by atoms with Crippen molar-refractivity contribution in [1.82, 2.24) is 4.31 Å². The average Bonchev–Trinajstić information content (AvgIpc) is 2.61. The smallest absolute Gasteiger partial charge is 0.246 e. The maximum absolute atomic E-state index is 14.3. The second kappa shape index (κ2) is 7.84. The average molecular weight is 367 g/mol. The molecule has 136 valence electrons. The molecule has 0 N–H and O–H groups in total. The Morgan fingerprint density at radius 2 is 1.52 bits per heavy atom. The number of nitrogens with zero attached hydrogens (tertiary/aromatic N) is 1. The lowest BCUT2D eigenvalue weighted by molar-refractivity contribution is 0.349. The molecule has 0 fully saturated rings. The molecule has 0 amide bonds. The maximum atomic E-state index is 14.3. The minimum Gasteiger partial charge on any atom is -0.493 e. The van der Waals surface area contributed by atoms with Gasteiger partial charge in [0.05, 0.1) is 14.2 Å². The summed E-state index contributed by atoms with van der Waals surface area (Å²) in [6, 6.07) is 9.79. The van der Waals surface area contributed by atoms with Gasteiger partial charge in [-0.3, -0.25) is 0 Å². The van der Waals surface area contributed by atoms with Gasteiger partial charge < -0.3 is 9.47 Å². The Hall–Kier alpha value is -2.12. The minimum absolute atomic E-state index is 0.136. The van der Waals surface area contributed by atoms with E-state index in [1.54, 1.807) is 0 Å². The molecule has 0 aromatic heterocycles. The SMILES string of the molecule is CCc1ccc(CN(C)S(=O)(=O)c2cc(OC)c(OC)cc2F)cc1. The molecule has 2 aromatic carbocycles. The lowest BCUT2D eigenvalue weighted by atomic mass is 10.1. The summed E-state index contributed by atoms with van der Waals surface area (Å²) < 4.78 is 51.0. The highest BCUT2D eigenvalue weighted by molar-refractivity contribution is 7.89. The molecule has 0 radical (unpaired) electrons. The van der Waals surface area contributed by atoms with Crippen LogP contribution in [0.3, 0.4) is 0 Å². The van der Waals surface area contributed by atoms with Crippen molar-refractivity contribution in [2.45, 2.75) is 24.8 Å². The van der Waals surface area contributed by atoms with E-state index in [4.69, 9.17) is 9.47 Å². The molecule has 0 saturated heterocycles. The molecule has 0 aliphatic heterocycles. The van der Waals surface area contributed by atoms with Gasteiger partial charge in [0.1, 0.15) is 10.7 Å². The number of hydrogen-bond acceptors (Lipinski definition) is 4. The van der Waals surface area contributed by atoms with Crippen LogP contribution in [0.5, 0.6) is 11.5 Å². The Kier molecular flexibility index (Phi) is 6.02. The molecule has 2 aromatic rings. The van der Waals surface area contributed by atoms with Crippen LogP contribution in [0.4, 0.5) is 4.39 Å². The number of aryl methyl sites for hydroxylation is 1. The molecular weight excluding hydrogens is 345 g/mol. The molecular formula is C18H22FNO4S. The molecule has 0 spiro atoms. The first kappa shape index (κ1) is 19.2. The van der Waals surface area contributed by atoms with Gasteiger partial charge in [-0.05, 0) is 17.5 Å². The van der Waals surface area contributed by atoms with E-state index in [0.717, 1.165) is 28.4 Å². The third-order valence-electron chi connectivity index (χ3n) is 3.96. The summed E-state index contributed by atoms with van der Waals surface area (Å²) in [5.74, 6) is -0.592. The summed E-state index contributed by atoms with van der Waals surface area (Å²) >= 11 is 0. The molecule has 0 unspecified atom stereocenters. The van der Waals surface area contributed by atoms with E-state index in [-0.39, 0.29) is 18.0 Å². The molecule has 2 rings (SSSR count). The van der Waals surface area contributed by atoms with Gasteiger partial charge in [-0.1, -0.05) is 31.2 Å². The molecule has 25 heavy (non-hydrogen) atoms. The Morgan fingerprint density at radius 3 is 2.04 bits per heavy atom. The molecule has 5 nitrogen and oxygen atoms in total. The van der Waals surface area contributed by atoms with Crippen LogP contribution in [0.15, 0.2) is 41.3 Å². The monoisotopic (exact) mass is 367 g/mol. The fourth-order valence-electron chi connectivity index (χ4n) is 2.42. The number of ether oxygens (including phenoxy) is 2. The number of benzene rings is 2. The van der Waals surface area contributed by atoms with Crippen LogP contribution in [-0.4, -0.2) is 34.0 Å². The Labute approximate surface area is 148 Å². The number of sulfonamides is 1. The zero-order chi connectivity index (χ0) is 18.6. The van der Waals surface area contributed by atoms with E-state index in [2.05, 4.69) is 0 Å². The summed E-state index contributed by atoms with van der Waals surface area (Å²) in [6.45, 7) is 2.19. The first-order chi connectivity index (χ1) is 11.8. The van der Waals surface area contributed by atoms with E-state index in [1.165, 1.54) is 26.8 Å². The van der Waals surface area contributed by atoms with E-state index < -0.39 is 20.7 Å². The quantitative estimate of drug-likeness (QED) is 0.754. The molecule has 0 aliphatic carbocycles. The van der Waals surface area contributed by atoms with Crippen molar-refractivity contribution >= 4 is 10.0 Å². The summed E-state index contributed by atoms with van der Waals surface area (Å²) in [5, 5.41) is 0. The van der Waals surface area contributed by atoms with Crippen LogP contribution in [0.2, 0.25) is 0 Å². The van der Waals surface area contributed by atoms with Crippen molar-refractivity contribution in [1.29, 1.82) is 0 Å². The Bertz CT molecular complexity index is 835. The van der Waals surface area contributed by atoms with E-state index in [0.29, 0.717) is 0 Å². The first-order valence-electron chi connectivity index (χ1n) is 7.79. The fraction of sp³-hybridized carbons (Fsp3) is 0.333. The maximum Gasteiger partial charge on any atom is 0.246 e. The van der Waals surface area contributed by atoms with Crippen molar-refractivity contribution in [3.8, 4) is 11.5 Å². The number of halogens is 1. The number of rotatable bonds is 7. The lowest BCUT2D eigenvalue weighted by Gasteiger charge is -2.19. The van der Waals surface area contributed by atoms with E-state index in [1.807, 2.05) is 31.2 Å². The Morgan fingerprint density at radius 1 is 1.00 bits per heavy atom. The third-order valence-corrected chi connectivity index (χ3v) is 5.78. The summed E-state index contributed by atoms with van der Waals surface area (Å²) in [7, 11) is 0.122. The van der Waals surface area contributed by atoms with Crippen LogP contribution >= 0.6 is 0 Å². The molecule has 7 heteroatoms. The first-order valence-corrected chi connectivity index (χ1v) is 9.23. The van der Waals surface area contributed by atoms with Crippen LogP contribution in [-0.2, 0) is 23.0 Å². The van der Waals surface area contributed by atoms with Crippen molar-refractivity contribution in [2.24, 2.45) is 0 Å². The van der Waals surface area contributed by atoms with Crippen LogP contribution in [0, 0.1) is 5.82 Å². The molecule has 0 aliphatic rings. The molecule has 0 saturated carbocycles. The minimum atomic E-state index is -4.02. The third kappa shape index (κ3) is 4.11. The zero-order valence-electron chi connectivity index (χ0n) is 14.7. The normalized spacial score (nSPS) is 11.6. The fourth-order valence-corrected chi connectivity index (χ4v) is 3.64. The van der Waals surface area contributed by atoms with Gasteiger partial charge >= 0.3 is 0 Å². The predicted molar refractivity (Wildman–Crippen MR) is 94.0 cm³/mol. The van der Waals surface area contributed by atoms with Gasteiger partial charge in [-0.15, -0.1) is 0 Å². The topological polar surface area (TPSA) is 55.8 Å². The van der Waals surface area contributed by atoms with E-state index in [9.17, 15) is 12.8 Å². The summed E-state index contributed by atoms with van der Waals surface area (Å²) in [6.07, 6.45) is 0.908. The van der Waals surface area contributed by atoms with Crippen molar-refractivity contribution in [3.63, 3.8) is 0 Å². The second-order valence-corrected chi connectivity index (χ2v) is 7.58. The van der Waals surface area contributed by atoms with Crippen molar-refractivity contribution < 1.29 is 22.3 Å². The van der Waals surface area contributed by atoms with Crippen LogP contribution in [0.1, 0.15) is 18.1 Å². The lowest BCUT2D eigenvalue weighted by Crippen LogP contribution is -2.27. The Balaban J connectivity index is 2.33. The van der Waals surface area contributed by atoms with Crippen LogP contribution < -0.4 is 9.47 Å². The van der Waals surface area contributed by atoms with Crippen molar-refractivity contribution in [2.75, 3.05) is 21.3 Å². The van der Waals surface area contributed by atoms with Gasteiger partial charge in [0.25, 0.3) is 0 Å². The molecule has 0 atom stereocenters. The number of methoxy groups -OCH3 is 2. The van der Waals surface area contributed by atoms with Gasteiger partial charge in [0, 0.05) is 25.7 Å². The standard InChI is InChI=1S/C18H22FNO4S/c1-5-13-6-8-14(9-7-13)12-20(2)25(21,22)18-11-17(24-4)16(23-3)10-15(18)19/h6-11H,5,12H2,1-4H3. The molecule has 0 bridgehead atoms. The highest BCUT2D eigenvalue weighted by Gasteiger charge is 2.27. The van der Waals surface area contributed by atoms with Gasteiger partial charge in [-0.2, -0.15) is 4.31 Å². The van der Waals surface area contributed by atoms with Crippen molar-refractivity contribution in [3.05, 3.63) is 53.3 Å². The van der Waals surface area contributed by atoms with Crippen LogP contribution in [0.25, 0.3) is 0 Å².